The lowest BCUT2D eigenvalue weighted by atomic mass is 9.87. The second-order valence-corrected chi connectivity index (χ2v) is 5.73. The van der Waals surface area contributed by atoms with Gasteiger partial charge in [0, 0.05) is 37.6 Å². The lowest BCUT2D eigenvalue weighted by Crippen LogP contribution is -2.46. The molecule has 2 amide bonds. The lowest BCUT2D eigenvalue weighted by molar-refractivity contribution is -0.151. The fourth-order valence-corrected chi connectivity index (χ4v) is 1.51. The fourth-order valence-electron chi connectivity index (χ4n) is 1.40. The number of aliphatic hydroxyl groups excluding tert-OH is 1. The summed E-state index contributed by atoms with van der Waals surface area (Å²) in [7, 11) is 0. The monoisotopic (exact) mass is 320 g/mol. The summed E-state index contributed by atoms with van der Waals surface area (Å²) in [4.78, 5) is 33.9. The average molecular weight is 320 g/mol. The maximum atomic E-state index is 11.8. The SMILES string of the molecule is CC(=O)OCC(C)(C)C(O)C(=O)NCCC(=O)NCCS. The van der Waals surface area contributed by atoms with E-state index in [-0.39, 0.29) is 25.5 Å². The number of aliphatic hydroxyl groups is 1. The van der Waals surface area contributed by atoms with E-state index in [0.717, 1.165) is 0 Å². The van der Waals surface area contributed by atoms with Crippen LogP contribution in [0.2, 0.25) is 0 Å². The van der Waals surface area contributed by atoms with E-state index in [4.69, 9.17) is 4.74 Å². The first-order valence-corrected chi connectivity index (χ1v) is 7.30. The van der Waals surface area contributed by atoms with Gasteiger partial charge < -0.3 is 20.5 Å². The first kappa shape index (κ1) is 19.7. The molecule has 0 saturated carbocycles. The van der Waals surface area contributed by atoms with Crippen LogP contribution >= 0.6 is 12.6 Å². The minimum absolute atomic E-state index is 0.0701. The summed E-state index contributed by atoms with van der Waals surface area (Å²) in [5.41, 5.74) is -0.913. The van der Waals surface area contributed by atoms with Crippen molar-refractivity contribution < 1.29 is 24.2 Å². The highest BCUT2D eigenvalue weighted by Gasteiger charge is 2.34. The van der Waals surface area contributed by atoms with Crippen LogP contribution in [0.15, 0.2) is 0 Å². The van der Waals surface area contributed by atoms with Gasteiger partial charge in [-0.3, -0.25) is 14.4 Å². The van der Waals surface area contributed by atoms with Gasteiger partial charge in [0.25, 0.3) is 0 Å². The van der Waals surface area contributed by atoms with Crippen LogP contribution in [-0.4, -0.2) is 54.4 Å². The van der Waals surface area contributed by atoms with Gasteiger partial charge in [0.15, 0.2) is 0 Å². The Morgan fingerprint density at radius 1 is 1.24 bits per heavy atom. The lowest BCUT2D eigenvalue weighted by Gasteiger charge is -2.28. The Kier molecular flexibility index (Phi) is 9.03. The minimum Gasteiger partial charge on any atom is -0.465 e. The highest BCUT2D eigenvalue weighted by molar-refractivity contribution is 7.80. The summed E-state index contributed by atoms with van der Waals surface area (Å²) in [5.74, 6) is -0.732. The molecule has 0 aliphatic carbocycles. The van der Waals surface area contributed by atoms with Crippen molar-refractivity contribution >= 4 is 30.4 Å². The predicted molar refractivity (Wildman–Crippen MR) is 80.9 cm³/mol. The summed E-state index contributed by atoms with van der Waals surface area (Å²) in [5, 5.41) is 15.0. The molecule has 122 valence electrons. The molecule has 3 N–H and O–H groups in total. The molecular formula is C13H24N2O5S. The molecule has 0 radical (unpaired) electrons. The van der Waals surface area contributed by atoms with E-state index in [1.54, 1.807) is 13.8 Å². The van der Waals surface area contributed by atoms with E-state index in [0.29, 0.717) is 12.3 Å². The Labute approximate surface area is 130 Å². The molecule has 0 aliphatic heterocycles. The van der Waals surface area contributed by atoms with Gasteiger partial charge in [-0.2, -0.15) is 12.6 Å². The van der Waals surface area contributed by atoms with E-state index < -0.39 is 23.4 Å². The van der Waals surface area contributed by atoms with Crippen molar-refractivity contribution in [1.82, 2.24) is 10.6 Å². The standard InChI is InChI=1S/C13H24N2O5S/c1-9(16)20-8-13(2,3)11(18)12(19)15-5-4-10(17)14-6-7-21/h11,18,21H,4-8H2,1-3H3,(H,14,17)(H,15,19). The quantitative estimate of drug-likeness (QED) is 0.338. The number of nitrogens with one attached hydrogen (secondary N) is 2. The van der Waals surface area contributed by atoms with Crippen LogP contribution in [0.1, 0.15) is 27.2 Å². The van der Waals surface area contributed by atoms with Gasteiger partial charge in [0.05, 0.1) is 6.61 Å². The van der Waals surface area contributed by atoms with Gasteiger partial charge >= 0.3 is 5.97 Å². The van der Waals surface area contributed by atoms with Gasteiger partial charge in [-0.25, -0.2) is 0 Å². The molecular weight excluding hydrogens is 296 g/mol. The Morgan fingerprint density at radius 3 is 2.38 bits per heavy atom. The van der Waals surface area contributed by atoms with Crippen LogP contribution in [0.5, 0.6) is 0 Å². The number of ether oxygens (including phenoxy) is 1. The molecule has 0 spiro atoms. The highest BCUT2D eigenvalue weighted by atomic mass is 32.1. The number of thiol groups is 1. The normalized spacial score (nSPS) is 12.4. The van der Waals surface area contributed by atoms with E-state index in [2.05, 4.69) is 23.3 Å². The molecule has 0 aromatic rings. The molecule has 0 fully saturated rings. The first-order chi connectivity index (χ1) is 9.70. The zero-order valence-electron chi connectivity index (χ0n) is 12.6. The third kappa shape index (κ3) is 8.56. The average Bonchev–Trinajstić information content (AvgIpc) is 2.42. The van der Waals surface area contributed by atoms with Crippen molar-refractivity contribution in [3.63, 3.8) is 0 Å². The number of carbonyl (C=O) groups excluding carboxylic acids is 3. The van der Waals surface area contributed by atoms with Crippen molar-refractivity contribution in [2.45, 2.75) is 33.3 Å². The zero-order valence-corrected chi connectivity index (χ0v) is 13.5. The number of hydrogen-bond acceptors (Lipinski definition) is 6. The Morgan fingerprint density at radius 2 is 1.86 bits per heavy atom. The number of amides is 2. The Bertz CT molecular complexity index is 374. The molecule has 0 aromatic heterocycles. The molecule has 0 heterocycles. The van der Waals surface area contributed by atoms with Crippen molar-refractivity contribution in [3.05, 3.63) is 0 Å². The molecule has 0 bridgehead atoms. The van der Waals surface area contributed by atoms with Crippen molar-refractivity contribution in [2.75, 3.05) is 25.4 Å². The van der Waals surface area contributed by atoms with E-state index in [1.165, 1.54) is 6.92 Å². The molecule has 1 atom stereocenters. The van der Waals surface area contributed by atoms with Gasteiger partial charge in [0.2, 0.25) is 11.8 Å². The Hall–Kier alpha value is -1.28. The predicted octanol–water partition coefficient (Wildman–Crippen LogP) is -0.511. The first-order valence-electron chi connectivity index (χ1n) is 6.67. The molecule has 0 aromatic carbocycles. The molecule has 0 aliphatic rings. The second kappa shape index (κ2) is 9.62. The summed E-state index contributed by atoms with van der Waals surface area (Å²) >= 11 is 3.96. The number of rotatable bonds is 9. The minimum atomic E-state index is -1.34. The summed E-state index contributed by atoms with van der Waals surface area (Å²) in [6.07, 6.45) is -1.21. The Balaban J connectivity index is 4.14. The van der Waals surface area contributed by atoms with Gasteiger partial charge in [-0.1, -0.05) is 13.8 Å². The van der Waals surface area contributed by atoms with Crippen LogP contribution in [0.4, 0.5) is 0 Å². The molecule has 1 unspecified atom stereocenters. The van der Waals surface area contributed by atoms with Crippen molar-refractivity contribution in [1.29, 1.82) is 0 Å². The third-order valence-corrected chi connectivity index (χ3v) is 2.94. The molecule has 8 heteroatoms. The van der Waals surface area contributed by atoms with E-state index in [1.807, 2.05) is 0 Å². The summed E-state index contributed by atoms with van der Waals surface area (Å²) < 4.78 is 4.81. The summed E-state index contributed by atoms with van der Waals surface area (Å²) in [6.45, 7) is 5.00. The number of hydrogen-bond donors (Lipinski definition) is 4. The van der Waals surface area contributed by atoms with Crippen LogP contribution in [0, 0.1) is 5.41 Å². The van der Waals surface area contributed by atoms with E-state index >= 15 is 0 Å². The fraction of sp³-hybridized carbons (Fsp3) is 0.769. The molecule has 0 saturated heterocycles. The van der Waals surface area contributed by atoms with Gasteiger partial charge in [-0.05, 0) is 0 Å². The van der Waals surface area contributed by atoms with Gasteiger partial charge in [-0.15, -0.1) is 0 Å². The van der Waals surface area contributed by atoms with Crippen molar-refractivity contribution in [2.24, 2.45) is 5.41 Å². The maximum absolute atomic E-state index is 11.8. The highest BCUT2D eigenvalue weighted by Crippen LogP contribution is 2.21. The smallest absolute Gasteiger partial charge is 0.302 e. The van der Waals surface area contributed by atoms with Crippen molar-refractivity contribution in [3.8, 4) is 0 Å². The molecule has 7 nitrogen and oxygen atoms in total. The summed E-state index contributed by atoms with van der Waals surface area (Å²) in [6, 6.07) is 0. The molecule has 0 rings (SSSR count). The van der Waals surface area contributed by atoms with E-state index in [9.17, 15) is 19.5 Å². The number of esters is 1. The zero-order chi connectivity index (χ0) is 16.5. The van der Waals surface area contributed by atoms with Gasteiger partial charge in [0.1, 0.15) is 6.10 Å². The largest absolute Gasteiger partial charge is 0.465 e. The van der Waals surface area contributed by atoms with Crippen LogP contribution < -0.4 is 10.6 Å². The number of carbonyl (C=O) groups is 3. The maximum Gasteiger partial charge on any atom is 0.302 e. The second-order valence-electron chi connectivity index (χ2n) is 5.29. The topological polar surface area (TPSA) is 105 Å². The molecule has 21 heavy (non-hydrogen) atoms. The van der Waals surface area contributed by atoms with Crippen LogP contribution in [-0.2, 0) is 19.1 Å². The van der Waals surface area contributed by atoms with Crippen LogP contribution in [0.25, 0.3) is 0 Å². The van der Waals surface area contributed by atoms with Crippen LogP contribution in [0.3, 0.4) is 0 Å². The third-order valence-electron chi connectivity index (χ3n) is 2.72.